The summed E-state index contributed by atoms with van der Waals surface area (Å²) in [5.41, 5.74) is 1.24. The van der Waals surface area contributed by atoms with Gasteiger partial charge in [-0.1, -0.05) is 0 Å². The van der Waals surface area contributed by atoms with Crippen molar-refractivity contribution in [2.24, 2.45) is 0 Å². The van der Waals surface area contributed by atoms with Crippen molar-refractivity contribution in [3.05, 3.63) is 23.8 Å². The van der Waals surface area contributed by atoms with Crippen molar-refractivity contribution >= 4 is 0 Å². The molecule has 0 saturated carbocycles. The van der Waals surface area contributed by atoms with Crippen LogP contribution in [0.1, 0.15) is 25.3 Å². The number of hydrogen-bond acceptors (Lipinski definition) is 2. The minimum absolute atomic E-state index is 0.823. The smallest absolute Gasteiger partial charge is 0.137 e. The van der Waals surface area contributed by atoms with E-state index in [2.05, 4.69) is 18.3 Å². The van der Waals surface area contributed by atoms with Crippen molar-refractivity contribution in [3.8, 4) is 11.5 Å². The fourth-order valence-electron chi connectivity index (χ4n) is 3.19. The number of likely N-dealkylation sites (N-methyl/N-ethyl adjacent to an activating group) is 1. The number of likely N-dealkylation sites (tertiary alicyclic amines) is 1. The van der Waals surface area contributed by atoms with Crippen LogP contribution in [0.25, 0.3) is 0 Å². The zero-order chi connectivity index (χ0) is 14.4. The SMILES string of the molecule is CC[NH+]1CCC[C@@H]1C[NH2+]Cc1ccc(OC)cc1OC. The lowest BCUT2D eigenvalue weighted by molar-refractivity contribution is -0.925. The molecule has 0 amide bonds. The third-order valence-electron chi connectivity index (χ3n) is 4.39. The van der Waals surface area contributed by atoms with Crippen LogP contribution in [-0.2, 0) is 6.54 Å². The molecule has 2 rings (SSSR count). The van der Waals surface area contributed by atoms with E-state index in [9.17, 15) is 0 Å². The minimum Gasteiger partial charge on any atom is -0.497 e. The Morgan fingerprint density at radius 3 is 2.85 bits per heavy atom. The van der Waals surface area contributed by atoms with Crippen LogP contribution >= 0.6 is 0 Å². The largest absolute Gasteiger partial charge is 0.497 e. The average Bonchev–Trinajstić information content (AvgIpc) is 2.95. The number of hydrogen-bond donors (Lipinski definition) is 2. The highest BCUT2D eigenvalue weighted by molar-refractivity contribution is 5.40. The van der Waals surface area contributed by atoms with Gasteiger partial charge >= 0.3 is 0 Å². The molecule has 0 bridgehead atoms. The maximum absolute atomic E-state index is 5.45. The van der Waals surface area contributed by atoms with E-state index in [0.717, 1.165) is 24.1 Å². The molecule has 1 fully saturated rings. The zero-order valence-corrected chi connectivity index (χ0v) is 12.9. The van der Waals surface area contributed by atoms with Crippen LogP contribution in [0.15, 0.2) is 18.2 Å². The molecule has 0 aliphatic carbocycles. The van der Waals surface area contributed by atoms with E-state index in [1.807, 2.05) is 12.1 Å². The molecular weight excluding hydrogens is 252 g/mol. The number of nitrogens with two attached hydrogens (primary N) is 1. The van der Waals surface area contributed by atoms with Gasteiger partial charge in [-0.15, -0.1) is 0 Å². The van der Waals surface area contributed by atoms with E-state index >= 15 is 0 Å². The molecule has 20 heavy (non-hydrogen) atoms. The van der Waals surface area contributed by atoms with Gasteiger partial charge in [-0.05, 0) is 19.1 Å². The highest BCUT2D eigenvalue weighted by atomic mass is 16.5. The number of nitrogens with one attached hydrogen (secondary N) is 1. The van der Waals surface area contributed by atoms with Gasteiger partial charge in [0.15, 0.2) is 0 Å². The minimum atomic E-state index is 0.823. The standard InChI is InChI=1S/C16H26N2O2/c1-4-18-9-5-6-14(18)12-17-11-13-7-8-15(19-2)10-16(13)20-3/h7-8,10,14,17H,4-6,9,11-12H2,1-3H3/p+2/t14-/m1/s1. The fourth-order valence-corrected chi connectivity index (χ4v) is 3.19. The van der Waals surface area contributed by atoms with Crippen LogP contribution in [0.3, 0.4) is 0 Å². The van der Waals surface area contributed by atoms with E-state index in [4.69, 9.17) is 9.47 Å². The molecule has 1 aromatic carbocycles. The summed E-state index contributed by atoms with van der Waals surface area (Å²) in [5.74, 6) is 1.77. The Kier molecular flexibility index (Phi) is 5.68. The molecule has 3 N–H and O–H groups in total. The summed E-state index contributed by atoms with van der Waals surface area (Å²) in [6.07, 6.45) is 2.76. The number of quaternary nitrogens is 2. The molecule has 4 nitrogen and oxygen atoms in total. The lowest BCUT2D eigenvalue weighted by Crippen LogP contribution is -3.16. The molecule has 4 heteroatoms. The maximum Gasteiger partial charge on any atom is 0.137 e. The predicted molar refractivity (Wildman–Crippen MR) is 79.4 cm³/mol. The van der Waals surface area contributed by atoms with Crippen molar-refractivity contribution < 1.29 is 19.7 Å². The third-order valence-corrected chi connectivity index (χ3v) is 4.39. The third kappa shape index (κ3) is 3.64. The topological polar surface area (TPSA) is 39.5 Å². The Morgan fingerprint density at radius 1 is 1.30 bits per heavy atom. The van der Waals surface area contributed by atoms with Crippen LogP contribution < -0.4 is 19.7 Å². The van der Waals surface area contributed by atoms with Gasteiger partial charge in [0.05, 0.1) is 27.3 Å². The van der Waals surface area contributed by atoms with E-state index in [1.54, 1.807) is 19.1 Å². The molecule has 0 aromatic heterocycles. The number of ether oxygens (including phenoxy) is 2. The molecule has 1 unspecified atom stereocenters. The van der Waals surface area contributed by atoms with E-state index < -0.39 is 0 Å². The highest BCUT2D eigenvalue weighted by Crippen LogP contribution is 2.23. The van der Waals surface area contributed by atoms with Crippen molar-refractivity contribution in [1.29, 1.82) is 0 Å². The van der Waals surface area contributed by atoms with E-state index in [-0.39, 0.29) is 0 Å². The lowest BCUT2D eigenvalue weighted by atomic mass is 10.1. The number of benzene rings is 1. The van der Waals surface area contributed by atoms with Gasteiger partial charge in [0.2, 0.25) is 0 Å². The lowest BCUT2D eigenvalue weighted by Gasteiger charge is -2.18. The normalized spacial score (nSPS) is 21.9. The van der Waals surface area contributed by atoms with E-state index in [0.29, 0.717) is 0 Å². The van der Waals surface area contributed by atoms with E-state index in [1.165, 1.54) is 38.0 Å². The van der Waals surface area contributed by atoms with Crippen LogP contribution in [-0.4, -0.2) is 39.9 Å². The summed E-state index contributed by atoms with van der Waals surface area (Å²) >= 11 is 0. The quantitative estimate of drug-likeness (QED) is 0.728. The molecular formula is C16H28N2O2+2. The fraction of sp³-hybridized carbons (Fsp3) is 0.625. The molecule has 1 aromatic rings. The molecule has 0 radical (unpaired) electrons. The molecule has 1 saturated heterocycles. The van der Waals surface area contributed by atoms with Gasteiger partial charge in [-0.3, -0.25) is 0 Å². The average molecular weight is 280 g/mol. The van der Waals surface area contributed by atoms with Crippen molar-refractivity contribution in [2.45, 2.75) is 32.4 Å². The summed E-state index contributed by atoms with van der Waals surface area (Å²) < 4.78 is 10.7. The predicted octanol–water partition coefficient (Wildman–Crippen LogP) is -0.166. The summed E-state index contributed by atoms with van der Waals surface area (Å²) in [6, 6.07) is 6.89. The Labute approximate surface area is 122 Å². The van der Waals surface area contributed by atoms with Crippen molar-refractivity contribution in [3.63, 3.8) is 0 Å². The van der Waals surface area contributed by atoms with Gasteiger partial charge in [0, 0.05) is 24.5 Å². The van der Waals surface area contributed by atoms with Gasteiger partial charge in [-0.25, -0.2) is 0 Å². The van der Waals surface area contributed by atoms with Crippen LogP contribution in [0.2, 0.25) is 0 Å². The molecule has 0 spiro atoms. The van der Waals surface area contributed by atoms with Gasteiger partial charge in [0.1, 0.15) is 30.6 Å². The van der Waals surface area contributed by atoms with Crippen LogP contribution in [0, 0.1) is 0 Å². The second kappa shape index (κ2) is 7.50. The molecule has 112 valence electrons. The zero-order valence-electron chi connectivity index (χ0n) is 12.9. The molecule has 1 heterocycles. The Hall–Kier alpha value is -1.26. The number of rotatable bonds is 7. The summed E-state index contributed by atoms with van der Waals surface area (Å²) in [7, 11) is 3.40. The summed E-state index contributed by atoms with van der Waals surface area (Å²) in [5, 5.41) is 2.41. The molecule has 1 aliphatic rings. The first-order valence-electron chi connectivity index (χ1n) is 7.65. The van der Waals surface area contributed by atoms with Crippen LogP contribution in [0.4, 0.5) is 0 Å². The maximum atomic E-state index is 5.45. The first kappa shape index (κ1) is 15.1. The van der Waals surface area contributed by atoms with Gasteiger partial charge < -0.3 is 19.7 Å². The molecule has 1 aliphatic heterocycles. The monoisotopic (exact) mass is 280 g/mol. The van der Waals surface area contributed by atoms with Crippen LogP contribution in [0.5, 0.6) is 11.5 Å². The molecule has 2 atom stereocenters. The second-order valence-corrected chi connectivity index (χ2v) is 5.51. The van der Waals surface area contributed by atoms with Gasteiger partial charge in [-0.2, -0.15) is 0 Å². The van der Waals surface area contributed by atoms with Crippen molar-refractivity contribution in [1.82, 2.24) is 0 Å². The van der Waals surface area contributed by atoms with Gasteiger partial charge in [0.25, 0.3) is 0 Å². The Morgan fingerprint density at radius 2 is 2.15 bits per heavy atom. The Bertz CT molecular complexity index is 423. The summed E-state index contributed by atoms with van der Waals surface area (Å²) in [6.45, 7) is 7.07. The first-order valence-corrected chi connectivity index (χ1v) is 7.65. The summed E-state index contributed by atoms with van der Waals surface area (Å²) in [4.78, 5) is 1.77. The van der Waals surface area contributed by atoms with Crippen molar-refractivity contribution in [2.75, 3.05) is 33.9 Å². The second-order valence-electron chi connectivity index (χ2n) is 5.51. The first-order chi connectivity index (χ1) is 9.78. The highest BCUT2D eigenvalue weighted by Gasteiger charge is 2.28. The Balaban J connectivity index is 1.87. The number of methoxy groups -OCH3 is 2.